The number of methoxy groups -OCH3 is 1. The molecular weight excluding hydrogens is 452 g/mol. The second kappa shape index (κ2) is 9.78. The van der Waals surface area contributed by atoms with Crippen molar-refractivity contribution in [2.75, 3.05) is 12.4 Å². The second-order valence-electron chi connectivity index (χ2n) is 5.42. The normalized spacial score (nSPS) is 12.1. The van der Waals surface area contributed by atoms with Gasteiger partial charge in [0.1, 0.15) is 11.5 Å². The topological polar surface area (TPSA) is 86.0 Å². The van der Waals surface area contributed by atoms with E-state index in [1.54, 1.807) is 19.1 Å². The summed E-state index contributed by atoms with van der Waals surface area (Å²) in [5.41, 5.74) is -0.138. The van der Waals surface area contributed by atoms with Crippen molar-refractivity contribution in [3.8, 4) is 11.5 Å². The molecule has 0 aliphatic rings. The first-order valence-corrected chi connectivity index (χ1v) is 8.85. The zero-order valence-electron chi connectivity index (χ0n) is 15.4. The summed E-state index contributed by atoms with van der Waals surface area (Å²) in [5.74, 6) is -2.00. The van der Waals surface area contributed by atoms with Gasteiger partial charge in [-0.1, -0.05) is 22.0 Å². The monoisotopic (exact) mass is 467 g/mol. The summed E-state index contributed by atoms with van der Waals surface area (Å²) in [6, 6.07) is 7.60. The Balaban J connectivity index is 2.48. The van der Waals surface area contributed by atoms with Gasteiger partial charge in [-0.25, -0.2) is 13.8 Å². The van der Waals surface area contributed by atoms with Gasteiger partial charge in [-0.2, -0.15) is 0 Å². The Morgan fingerprint density at radius 2 is 1.97 bits per heavy atom. The van der Waals surface area contributed by atoms with Gasteiger partial charge in [0.05, 0.1) is 17.7 Å². The molecule has 2 aromatic rings. The van der Waals surface area contributed by atoms with E-state index in [1.165, 1.54) is 19.3 Å². The number of benzene rings is 2. The minimum absolute atomic E-state index is 0.0433. The number of nitrogens with one attached hydrogen (secondary N) is 1. The van der Waals surface area contributed by atoms with E-state index in [2.05, 4.69) is 33.0 Å². The fourth-order valence-corrected chi connectivity index (χ4v) is 2.67. The quantitative estimate of drug-likeness (QED) is 0.179. The van der Waals surface area contributed by atoms with Crippen LogP contribution in [0.5, 0.6) is 11.5 Å². The van der Waals surface area contributed by atoms with Crippen LogP contribution in [-0.4, -0.2) is 18.8 Å². The number of allylic oxidation sites excluding steroid dienone is 1. The number of aliphatic imine (C=N–C) groups is 1. The lowest BCUT2D eigenvalue weighted by Crippen LogP contribution is -2.13. The summed E-state index contributed by atoms with van der Waals surface area (Å²) in [7, 11) is 1.23. The molecule has 2 aromatic carbocycles. The molecule has 0 saturated heterocycles. The number of rotatable bonds is 8. The minimum atomic E-state index is -0.895. The fourth-order valence-electron chi connectivity index (χ4n) is 2.31. The predicted molar refractivity (Wildman–Crippen MR) is 109 cm³/mol. The fraction of sp³-hybridized carbons (Fsp3) is 0.105. The van der Waals surface area contributed by atoms with Crippen molar-refractivity contribution in [2.45, 2.75) is 6.92 Å². The molecule has 29 heavy (non-hydrogen) atoms. The van der Waals surface area contributed by atoms with Crippen molar-refractivity contribution in [2.24, 2.45) is 4.99 Å². The van der Waals surface area contributed by atoms with Crippen molar-refractivity contribution in [3.63, 3.8) is 0 Å². The Kier molecular flexibility index (Phi) is 7.43. The highest BCUT2D eigenvalue weighted by Gasteiger charge is 2.25. The summed E-state index contributed by atoms with van der Waals surface area (Å²) in [5, 5.41) is 14.4. The molecule has 0 radical (unpaired) electrons. The Hall–Kier alpha value is -3.27. The van der Waals surface area contributed by atoms with E-state index in [0.29, 0.717) is 10.5 Å². The molecule has 0 bridgehead atoms. The number of nitrogens with zero attached hydrogens (tertiary/aromatic N) is 2. The molecule has 0 amide bonds. The van der Waals surface area contributed by atoms with Gasteiger partial charge < -0.3 is 14.8 Å². The van der Waals surface area contributed by atoms with E-state index in [4.69, 9.17) is 9.47 Å². The summed E-state index contributed by atoms with van der Waals surface area (Å²) in [4.78, 5) is 14.4. The maximum atomic E-state index is 14.0. The van der Waals surface area contributed by atoms with Crippen LogP contribution >= 0.6 is 15.9 Å². The van der Waals surface area contributed by atoms with Crippen LogP contribution in [0.4, 0.5) is 14.5 Å². The van der Waals surface area contributed by atoms with E-state index < -0.39 is 22.3 Å². The smallest absolute Gasteiger partial charge is 0.353 e. The van der Waals surface area contributed by atoms with Gasteiger partial charge in [-0.15, -0.1) is 0 Å². The van der Waals surface area contributed by atoms with E-state index >= 15 is 0 Å². The molecule has 0 spiro atoms. The number of halogens is 3. The maximum absolute atomic E-state index is 14.0. The highest BCUT2D eigenvalue weighted by molar-refractivity contribution is 9.10. The molecule has 0 atom stereocenters. The second-order valence-corrected chi connectivity index (χ2v) is 6.33. The van der Waals surface area contributed by atoms with Crippen LogP contribution in [0.2, 0.25) is 0 Å². The van der Waals surface area contributed by atoms with E-state index in [9.17, 15) is 18.9 Å². The van der Waals surface area contributed by atoms with Crippen LogP contribution < -0.4 is 10.1 Å². The Morgan fingerprint density at radius 3 is 2.52 bits per heavy atom. The minimum Gasteiger partial charge on any atom is -0.476 e. The summed E-state index contributed by atoms with van der Waals surface area (Å²) in [6.45, 7) is 4.84. The molecule has 0 aliphatic heterocycles. The molecule has 7 nitrogen and oxygen atoms in total. The molecule has 0 aliphatic carbocycles. The largest absolute Gasteiger partial charge is 0.476 e. The number of anilines is 1. The number of ether oxygens (including phenoxy) is 2. The first-order chi connectivity index (χ1) is 13.8. The first kappa shape index (κ1) is 22.0. The van der Waals surface area contributed by atoms with E-state index in [-0.39, 0.29) is 28.8 Å². The first-order valence-electron chi connectivity index (χ1n) is 8.06. The standard InChI is InChI=1S/C19H16BrF2N3O4/c1-4-14(18(25(26)27)19(23-2)28-3)24-15-9-11(20)5-7-17(15)29-16-8-6-12(21)10-13(16)22/h4-10,24H,2H2,1,3H3/b14-4+,19-18-. The molecular formula is C19H16BrF2N3O4. The summed E-state index contributed by atoms with van der Waals surface area (Å²) >= 11 is 3.30. The summed E-state index contributed by atoms with van der Waals surface area (Å²) < 4.78 is 38.2. The Labute approximate surface area is 173 Å². The molecule has 0 aromatic heterocycles. The van der Waals surface area contributed by atoms with Gasteiger partial charge in [-0.3, -0.25) is 10.1 Å². The van der Waals surface area contributed by atoms with Crippen molar-refractivity contribution in [3.05, 3.63) is 86.0 Å². The molecule has 10 heteroatoms. The highest BCUT2D eigenvalue weighted by Crippen LogP contribution is 2.35. The lowest BCUT2D eigenvalue weighted by molar-refractivity contribution is -0.423. The molecule has 0 unspecified atom stereocenters. The molecule has 0 saturated carbocycles. The van der Waals surface area contributed by atoms with Crippen molar-refractivity contribution < 1.29 is 23.2 Å². The Bertz CT molecular complexity index is 1010. The Morgan fingerprint density at radius 1 is 1.28 bits per heavy atom. The van der Waals surface area contributed by atoms with Crippen LogP contribution in [0, 0.1) is 21.7 Å². The van der Waals surface area contributed by atoms with E-state index in [0.717, 1.165) is 12.1 Å². The maximum Gasteiger partial charge on any atom is 0.353 e. The molecule has 0 fully saturated rings. The van der Waals surface area contributed by atoms with Crippen molar-refractivity contribution in [1.29, 1.82) is 0 Å². The number of hydrogen-bond acceptors (Lipinski definition) is 6. The van der Waals surface area contributed by atoms with Gasteiger partial charge in [-0.05, 0) is 44.0 Å². The zero-order valence-corrected chi connectivity index (χ0v) is 17.0. The average molecular weight is 468 g/mol. The van der Waals surface area contributed by atoms with Crippen LogP contribution in [-0.2, 0) is 4.74 Å². The third kappa shape index (κ3) is 5.38. The SMILES string of the molecule is C=N/C(OC)=C(\C(=C/C)Nc1cc(Br)ccc1Oc1ccc(F)cc1F)[N+](=O)[O-]. The number of nitro groups is 1. The summed E-state index contributed by atoms with van der Waals surface area (Å²) in [6.07, 6.45) is 1.44. The van der Waals surface area contributed by atoms with Crippen LogP contribution in [0.15, 0.2) is 69.2 Å². The highest BCUT2D eigenvalue weighted by atomic mass is 79.9. The zero-order chi connectivity index (χ0) is 21.6. The van der Waals surface area contributed by atoms with Gasteiger partial charge in [0, 0.05) is 10.5 Å². The molecule has 152 valence electrons. The molecule has 0 heterocycles. The van der Waals surface area contributed by atoms with Crippen LogP contribution in [0.3, 0.4) is 0 Å². The van der Waals surface area contributed by atoms with Gasteiger partial charge in [0.2, 0.25) is 0 Å². The lowest BCUT2D eigenvalue weighted by atomic mass is 10.2. The molecule has 1 N–H and O–H groups in total. The van der Waals surface area contributed by atoms with Crippen LogP contribution in [0.1, 0.15) is 6.92 Å². The van der Waals surface area contributed by atoms with Gasteiger partial charge in [0.15, 0.2) is 17.3 Å². The molecule has 2 rings (SSSR count). The average Bonchev–Trinajstić information content (AvgIpc) is 2.68. The van der Waals surface area contributed by atoms with Gasteiger partial charge >= 0.3 is 5.70 Å². The predicted octanol–water partition coefficient (Wildman–Crippen LogP) is 5.63. The number of hydrogen-bond donors (Lipinski definition) is 1. The third-order valence-electron chi connectivity index (χ3n) is 3.59. The van der Waals surface area contributed by atoms with Crippen molar-refractivity contribution in [1.82, 2.24) is 0 Å². The van der Waals surface area contributed by atoms with Gasteiger partial charge in [0.25, 0.3) is 5.88 Å². The van der Waals surface area contributed by atoms with Crippen LogP contribution in [0.25, 0.3) is 0 Å². The third-order valence-corrected chi connectivity index (χ3v) is 4.08. The van der Waals surface area contributed by atoms with Crippen molar-refractivity contribution >= 4 is 28.3 Å². The van der Waals surface area contributed by atoms with E-state index in [1.807, 2.05) is 0 Å². The lowest BCUT2D eigenvalue weighted by Gasteiger charge is -2.15.